The van der Waals surface area contributed by atoms with Crippen LogP contribution in [0.25, 0.3) is 0 Å². The number of rotatable bonds is 2. The van der Waals surface area contributed by atoms with E-state index in [2.05, 4.69) is 4.73 Å². The maximum Gasteiger partial charge on any atom is 0.363 e. The topological polar surface area (TPSA) is 46.5 Å². The third kappa shape index (κ3) is 1.90. The minimum absolute atomic E-state index is 0.674. The van der Waals surface area contributed by atoms with Crippen molar-refractivity contribution < 1.29 is 18.7 Å². The molecule has 0 aliphatic rings. The Hall–Kier alpha value is 0.0800. The highest BCUT2D eigenvalue weighted by atomic mass is 31.2. The van der Waals surface area contributed by atoms with Crippen molar-refractivity contribution in [1.82, 2.24) is 0 Å². The summed E-state index contributed by atoms with van der Waals surface area (Å²) in [6.07, 6.45) is 0. The standard InChI is InChI=1S/C3H8FO3P/c1-3(2)8(5,6)7-4/h3H,1-2H3,(H,5,6). The largest absolute Gasteiger partial charge is 0.363 e. The fourth-order valence-corrected chi connectivity index (χ4v) is 0.239. The molecule has 0 bridgehead atoms. The van der Waals surface area contributed by atoms with Crippen LogP contribution in [0.2, 0.25) is 0 Å². The van der Waals surface area contributed by atoms with Gasteiger partial charge in [0.1, 0.15) is 0 Å². The van der Waals surface area contributed by atoms with Gasteiger partial charge in [-0.15, -0.1) is 4.73 Å². The van der Waals surface area contributed by atoms with Crippen LogP contribution in [0.3, 0.4) is 0 Å². The van der Waals surface area contributed by atoms with Crippen molar-refractivity contribution in [2.24, 2.45) is 0 Å². The Bertz CT molecular complexity index is 113. The lowest BCUT2D eigenvalue weighted by Crippen LogP contribution is -1.95. The summed E-state index contributed by atoms with van der Waals surface area (Å²) < 4.78 is 24.1. The van der Waals surface area contributed by atoms with Gasteiger partial charge in [-0.3, -0.25) is 4.57 Å². The molecule has 0 rings (SSSR count). The Labute approximate surface area is 46.9 Å². The molecular weight excluding hydrogens is 134 g/mol. The fourth-order valence-electron chi connectivity index (χ4n) is 0.0797. The second-order valence-corrected chi connectivity index (χ2v) is 4.03. The van der Waals surface area contributed by atoms with E-state index >= 15 is 0 Å². The van der Waals surface area contributed by atoms with Gasteiger partial charge in [0.05, 0.1) is 5.66 Å². The van der Waals surface area contributed by atoms with Crippen molar-refractivity contribution in [3.8, 4) is 0 Å². The summed E-state index contributed by atoms with van der Waals surface area (Å²) in [5.74, 6) is 0. The van der Waals surface area contributed by atoms with Crippen LogP contribution in [-0.4, -0.2) is 10.6 Å². The van der Waals surface area contributed by atoms with Gasteiger partial charge in [-0.25, -0.2) is 0 Å². The third-order valence-electron chi connectivity index (χ3n) is 0.751. The summed E-state index contributed by atoms with van der Waals surface area (Å²) in [4.78, 5) is 8.36. The molecule has 0 amide bonds. The molecule has 1 unspecified atom stereocenters. The monoisotopic (exact) mass is 142 g/mol. The van der Waals surface area contributed by atoms with Crippen LogP contribution in [0, 0.1) is 0 Å². The van der Waals surface area contributed by atoms with Crippen molar-refractivity contribution in [3.63, 3.8) is 0 Å². The van der Waals surface area contributed by atoms with E-state index in [-0.39, 0.29) is 0 Å². The zero-order chi connectivity index (χ0) is 6.78. The highest BCUT2D eigenvalue weighted by Gasteiger charge is 2.24. The first-order valence-electron chi connectivity index (χ1n) is 2.13. The second kappa shape index (κ2) is 2.58. The molecule has 0 aromatic carbocycles. The maximum absolute atomic E-state index is 11.0. The molecule has 1 N–H and O–H groups in total. The van der Waals surface area contributed by atoms with Crippen molar-refractivity contribution in [1.29, 1.82) is 0 Å². The molecular formula is C3H8FO3P. The lowest BCUT2D eigenvalue weighted by atomic mass is 10.6. The Morgan fingerprint density at radius 1 is 1.75 bits per heavy atom. The number of halogens is 1. The van der Waals surface area contributed by atoms with E-state index in [0.29, 0.717) is 0 Å². The molecule has 0 heterocycles. The van der Waals surface area contributed by atoms with Crippen molar-refractivity contribution in [3.05, 3.63) is 0 Å². The molecule has 0 spiro atoms. The summed E-state index contributed by atoms with van der Waals surface area (Å²) in [5.41, 5.74) is -0.674. The Morgan fingerprint density at radius 2 is 2.12 bits per heavy atom. The van der Waals surface area contributed by atoms with Gasteiger partial charge in [-0.05, 0) is 4.53 Å². The predicted octanol–water partition coefficient (Wildman–Crippen LogP) is 1.48. The summed E-state index contributed by atoms with van der Waals surface area (Å²) in [6.45, 7) is 2.81. The first-order chi connectivity index (χ1) is 3.50. The molecule has 50 valence electrons. The van der Waals surface area contributed by atoms with Crippen LogP contribution in [-0.2, 0) is 9.29 Å². The normalized spacial score (nSPS) is 18.6. The molecule has 0 saturated heterocycles. The highest BCUT2D eigenvalue weighted by Crippen LogP contribution is 2.47. The van der Waals surface area contributed by atoms with E-state index < -0.39 is 13.3 Å². The molecule has 8 heavy (non-hydrogen) atoms. The smallest absolute Gasteiger partial charge is 0.322 e. The van der Waals surface area contributed by atoms with Crippen molar-refractivity contribution in [2.75, 3.05) is 0 Å². The molecule has 0 aromatic rings. The van der Waals surface area contributed by atoms with E-state index in [1.54, 1.807) is 0 Å². The van der Waals surface area contributed by atoms with Gasteiger partial charge in [0.25, 0.3) is 0 Å². The fraction of sp³-hybridized carbons (Fsp3) is 1.00. The van der Waals surface area contributed by atoms with Gasteiger partial charge < -0.3 is 4.89 Å². The van der Waals surface area contributed by atoms with Gasteiger partial charge in [0.2, 0.25) is 0 Å². The van der Waals surface area contributed by atoms with Crippen LogP contribution in [0.5, 0.6) is 0 Å². The van der Waals surface area contributed by atoms with E-state index in [0.717, 1.165) is 0 Å². The molecule has 0 radical (unpaired) electrons. The van der Waals surface area contributed by atoms with Gasteiger partial charge in [-0.1, -0.05) is 13.8 Å². The molecule has 1 atom stereocenters. The van der Waals surface area contributed by atoms with Crippen LogP contribution in [0.15, 0.2) is 0 Å². The Kier molecular flexibility index (Phi) is 2.60. The average molecular weight is 142 g/mol. The highest BCUT2D eigenvalue weighted by molar-refractivity contribution is 7.53. The molecule has 0 saturated carbocycles. The van der Waals surface area contributed by atoms with Crippen LogP contribution < -0.4 is 0 Å². The van der Waals surface area contributed by atoms with E-state index in [9.17, 15) is 9.09 Å². The van der Waals surface area contributed by atoms with Crippen LogP contribution in [0.1, 0.15) is 13.8 Å². The molecule has 3 nitrogen and oxygen atoms in total. The molecule has 5 heteroatoms. The summed E-state index contributed by atoms with van der Waals surface area (Å²) in [7, 11) is -3.91. The quantitative estimate of drug-likeness (QED) is 0.594. The lowest BCUT2D eigenvalue weighted by Gasteiger charge is -2.06. The summed E-state index contributed by atoms with van der Waals surface area (Å²) in [6, 6.07) is 0. The van der Waals surface area contributed by atoms with Crippen LogP contribution >= 0.6 is 7.60 Å². The SMILES string of the molecule is CC(C)P(=O)(O)OF. The first kappa shape index (κ1) is 8.08. The minimum Gasteiger partial charge on any atom is -0.322 e. The number of hydrogen-bond donors (Lipinski definition) is 1. The number of hydrogen-bond acceptors (Lipinski definition) is 2. The predicted molar refractivity (Wildman–Crippen MR) is 27.2 cm³/mol. The summed E-state index contributed by atoms with van der Waals surface area (Å²) in [5, 5.41) is 0. The second-order valence-electron chi connectivity index (χ2n) is 1.73. The zero-order valence-electron chi connectivity index (χ0n) is 4.67. The molecule has 0 aromatic heterocycles. The van der Waals surface area contributed by atoms with Crippen LogP contribution in [0.4, 0.5) is 4.53 Å². The Morgan fingerprint density at radius 3 is 2.12 bits per heavy atom. The van der Waals surface area contributed by atoms with E-state index in [4.69, 9.17) is 4.89 Å². The molecule has 0 aliphatic heterocycles. The zero-order valence-corrected chi connectivity index (χ0v) is 5.56. The van der Waals surface area contributed by atoms with Gasteiger partial charge >= 0.3 is 7.60 Å². The van der Waals surface area contributed by atoms with Crippen molar-refractivity contribution in [2.45, 2.75) is 19.5 Å². The van der Waals surface area contributed by atoms with Gasteiger partial charge in [0, 0.05) is 0 Å². The average Bonchev–Trinajstić information content (AvgIpc) is 1.67. The maximum atomic E-state index is 11.0. The lowest BCUT2D eigenvalue weighted by molar-refractivity contribution is -0.0206. The Balaban J connectivity index is 3.93. The minimum atomic E-state index is -3.91. The molecule has 0 aliphatic carbocycles. The summed E-state index contributed by atoms with van der Waals surface area (Å²) >= 11 is 0. The van der Waals surface area contributed by atoms with E-state index in [1.807, 2.05) is 0 Å². The molecule has 0 fully saturated rings. The van der Waals surface area contributed by atoms with Gasteiger partial charge in [-0.2, -0.15) is 0 Å². The van der Waals surface area contributed by atoms with Crippen molar-refractivity contribution >= 4 is 7.60 Å². The third-order valence-corrected chi connectivity index (χ3v) is 2.25. The van der Waals surface area contributed by atoms with Gasteiger partial charge in [0.15, 0.2) is 0 Å². The van der Waals surface area contributed by atoms with E-state index in [1.165, 1.54) is 13.8 Å². The first-order valence-corrected chi connectivity index (χ1v) is 3.78.